The Bertz CT molecular complexity index is 419. The van der Waals surface area contributed by atoms with E-state index in [1.165, 1.54) is 6.07 Å². The predicted octanol–water partition coefficient (Wildman–Crippen LogP) is 3.54. The van der Waals surface area contributed by atoms with Crippen LogP contribution < -0.4 is 11.1 Å². The van der Waals surface area contributed by atoms with Crippen LogP contribution in [0, 0.1) is 5.92 Å². The van der Waals surface area contributed by atoms with Crippen LogP contribution in [0.25, 0.3) is 0 Å². The molecule has 0 fully saturated rings. The Hall–Kier alpha value is -0.590. The van der Waals surface area contributed by atoms with Gasteiger partial charge in [0.05, 0.1) is 5.56 Å². The van der Waals surface area contributed by atoms with Crippen molar-refractivity contribution >= 4 is 15.9 Å². The highest BCUT2D eigenvalue weighted by molar-refractivity contribution is 9.10. The molecule has 0 aliphatic heterocycles. The molecule has 0 bridgehead atoms. The van der Waals surface area contributed by atoms with Gasteiger partial charge in [0.1, 0.15) is 0 Å². The lowest BCUT2D eigenvalue weighted by molar-refractivity contribution is -0.138. The topological polar surface area (TPSA) is 38.0 Å². The van der Waals surface area contributed by atoms with E-state index in [9.17, 15) is 13.2 Å². The molecule has 0 aliphatic carbocycles. The Morgan fingerprint density at radius 3 is 2.42 bits per heavy atom. The van der Waals surface area contributed by atoms with Gasteiger partial charge in [-0.1, -0.05) is 35.8 Å². The van der Waals surface area contributed by atoms with Crippen molar-refractivity contribution in [2.45, 2.75) is 32.6 Å². The molecule has 0 aliphatic rings. The molecule has 1 aromatic rings. The zero-order valence-corrected chi connectivity index (χ0v) is 12.5. The zero-order valence-electron chi connectivity index (χ0n) is 10.9. The lowest BCUT2D eigenvalue weighted by Gasteiger charge is -2.22. The minimum Gasteiger partial charge on any atom is -0.329 e. The molecule has 19 heavy (non-hydrogen) atoms. The Morgan fingerprint density at radius 1 is 1.32 bits per heavy atom. The van der Waals surface area contributed by atoms with E-state index in [1.807, 2.05) is 13.8 Å². The van der Waals surface area contributed by atoms with E-state index in [0.717, 1.165) is 6.07 Å². The second-order valence-corrected chi connectivity index (χ2v) is 5.68. The summed E-state index contributed by atoms with van der Waals surface area (Å²) in [4.78, 5) is 0. The Labute approximate surface area is 119 Å². The van der Waals surface area contributed by atoms with Crippen LogP contribution in [0.3, 0.4) is 0 Å². The summed E-state index contributed by atoms with van der Waals surface area (Å²) in [5.74, 6) is 0.273. The highest BCUT2D eigenvalue weighted by atomic mass is 79.9. The number of benzene rings is 1. The van der Waals surface area contributed by atoms with Crippen LogP contribution in [0.4, 0.5) is 13.2 Å². The molecule has 0 saturated heterocycles. The molecule has 0 amide bonds. The molecule has 108 valence electrons. The standard InChI is InChI=1S/C13H18BrF3N2/c1-8(2)12(6-18)19-7-9-3-4-10(14)5-11(9)13(15,16)17/h3-5,8,12,19H,6-7,18H2,1-2H3. The fourth-order valence-electron chi connectivity index (χ4n) is 1.80. The molecule has 1 unspecified atom stereocenters. The van der Waals surface area contributed by atoms with Gasteiger partial charge in [-0.2, -0.15) is 13.2 Å². The second-order valence-electron chi connectivity index (χ2n) is 4.77. The largest absolute Gasteiger partial charge is 0.416 e. The molecular formula is C13H18BrF3N2. The first-order valence-corrected chi connectivity index (χ1v) is 6.84. The van der Waals surface area contributed by atoms with Gasteiger partial charge in [0.15, 0.2) is 0 Å². The number of nitrogens with one attached hydrogen (secondary N) is 1. The van der Waals surface area contributed by atoms with Gasteiger partial charge in [-0.15, -0.1) is 0 Å². The van der Waals surface area contributed by atoms with E-state index < -0.39 is 11.7 Å². The maximum Gasteiger partial charge on any atom is 0.416 e. The quantitative estimate of drug-likeness (QED) is 0.861. The van der Waals surface area contributed by atoms with Crippen molar-refractivity contribution in [1.82, 2.24) is 5.32 Å². The van der Waals surface area contributed by atoms with E-state index in [0.29, 0.717) is 11.0 Å². The molecule has 3 N–H and O–H groups in total. The maximum absolute atomic E-state index is 12.9. The number of nitrogens with two attached hydrogens (primary N) is 1. The summed E-state index contributed by atoms with van der Waals surface area (Å²) >= 11 is 3.07. The van der Waals surface area contributed by atoms with Gasteiger partial charge in [0, 0.05) is 23.6 Å². The molecule has 2 nitrogen and oxygen atoms in total. The van der Waals surface area contributed by atoms with Crippen molar-refractivity contribution in [3.05, 3.63) is 33.8 Å². The number of hydrogen-bond donors (Lipinski definition) is 2. The third kappa shape index (κ3) is 4.78. The number of alkyl halides is 3. The Kier molecular flexibility index (Phi) is 5.82. The van der Waals surface area contributed by atoms with Crippen molar-refractivity contribution in [2.75, 3.05) is 6.54 Å². The average Bonchev–Trinajstić information content (AvgIpc) is 2.29. The summed E-state index contributed by atoms with van der Waals surface area (Å²) in [6.45, 7) is 4.52. The predicted molar refractivity (Wildman–Crippen MR) is 73.7 cm³/mol. The molecular weight excluding hydrogens is 321 g/mol. The van der Waals surface area contributed by atoms with Crippen LogP contribution in [0.5, 0.6) is 0 Å². The first kappa shape index (κ1) is 16.5. The molecule has 0 heterocycles. The van der Waals surface area contributed by atoms with Gasteiger partial charge in [-0.05, 0) is 23.6 Å². The molecule has 6 heteroatoms. The molecule has 0 saturated carbocycles. The molecule has 1 atom stereocenters. The fraction of sp³-hybridized carbons (Fsp3) is 0.538. The SMILES string of the molecule is CC(C)C(CN)NCc1ccc(Br)cc1C(F)(F)F. The molecule has 0 spiro atoms. The Morgan fingerprint density at radius 2 is 1.95 bits per heavy atom. The van der Waals surface area contributed by atoms with Crippen molar-refractivity contribution in [1.29, 1.82) is 0 Å². The summed E-state index contributed by atoms with van der Waals surface area (Å²) in [6, 6.07) is 4.20. The highest BCUT2D eigenvalue weighted by Gasteiger charge is 2.33. The van der Waals surface area contributed by atoms with Crippen molar-refractivity contribution < 1.29 is 13.2 Å². The van der Waals surface area contributed by atoms with Crippen LogP contribution in [0.15, 0.2) is 22.7 Å². The third-order valence-corrected chi connectivity index (χ3v) is 3.48. The van der Waals surface area contributed by atoms with E-state index in [1.54, 1.807) is 6.07 Å². The van der Waals surface area contributed by atoms with Crippen LogP contribution in [0.1, 0.15) is 25.0 Å². The summed E-state index contributed by atoms with van der Waals surface area (Å²) in [5, 5.41) is 3.08. The zero-order chi connectivity index (χ0) is 14.6. The van der Waals surface area contributed by atoms with Crippen molar-refractivity contribution in [2.24, 2.45) is 11.7 Å². The van der Waals surface area contributed by atoms with Crippen LogP contribution >= 0.6 is 15.9 Å². The smallest absolute Gasteiger partial charge is 0.329 e. The van der Waals surface area contributed by atoms with Crippen LogP contribution in [-0.4, -0.2) is 12.6 Å². The van der Waals surface area contributed by atoms with Gasteiger partial charge in [0.2, 0.25) is 0 Å². The van der Waals surface area contributed by atoms with Gasteiger partial charge >= 0.3 is 6.18 Å². The average molecular weight is 339 g/mol. The number of halogens is 4. The van der Waals surface area contributed by atoms with E-state index in [-0.39, 0.29) is 24.1 Å². The molecule has 1 aromatic carbocycles. The van der Waals surface area contributed by atoms with Gasteiger partial charge < -0.3 is 11.1 Å². The fourth-order valence-corrected chi connectivity index (χ4v) is 2.16. The van der Waals surface area contributed by atoms with Gasteiger partial charge in [-0.3, -0.25) is 0 Å². The summed E-state index contributed by atoms with van der Waals surface area (Å²) in [7, 11) is 0. The lowest BCUT2D eigenvalue weighted by Crippen LogP contribution is -2.40. The monoisotopic (exact) mass is 338 g/mol. The third-order valence-electron chi connectivity index (χ3n) is 2.99. The minimum atomic E-state index is -4.35. The molecule has 1 rings (SSSR count). The van der Waals surface area contributed by atoms with Crippen molar-refractivity contribution in [3.63, 3.8) is 0 Å². The van der Waals surface area contributed by atoms with Gasteiger partial charge in [0.25, 0.3) is 0 Å². The normalized spacial score (nSPS) is 13.9. The number of rotatable bonds is 5. The second kappa shape index (κ2) is 6.72. The van der Waals surface area contributed by atoms with Gasteiger partial charge in [-0.25, -0.2) is 0 Å². The molecule has 0 aromatic heterocycles. The Balaban J connectivity index is 2.89. The lowest BCUT2D eigenvalue weighted by atomic mass is 10.0. The van der Waals surface area contributed by atoms with Crippen molar-refractivity contribution in [3.8, 4) is 0 Å². The van der Waals surface area contributed by atoms with E-state index >= 15 is 0 Å². The minimum absolute atomic E-state index is 0.00438. The first-order chi connectivity index (χ1) is 8.75. The molecule has 0 radical (unpaired) electrons. The summed E-state index contributed by atoms with van der Waals surface area (Å²) in [6.07, 6.45) is -4.35. The summed E-state index contributed by atoms with van der Waals surface area (Å²) in [5.41, 5.74) is 5.21. The van der Waals surface area contributed by atoms with E-state index in [2.05, 4.69) is 21.2 Å². The number of hydrogen-bond acceptors (Lipinski definition) is 2. The highest BCUT2D eigenvalue weighted by Crippen LogP contribution is 2.33. The van der Waals surface area contributed by atoms with E-state index in [4.69, 9.17) is 5.73 Å². The maximum atomic E-state index is 12.9. The summed E-state index contributed by atoms with van der Waals surface area (Å²) < 4.78 is 39.2. The van der Waals surface area contributed by atoms with Crippen LogP contribution in [0.2, 0.25) is 0 Å². The first-order valence-electron chi connectivity index (χ1n) is 6.04. The van der Waals surface area contributed by atoms with Crippen LogP contribution in [-0.2, 0) is 12.7 Å².